The van der Waals surface area contributed by atoms with Crippen LogP contribution in [0.25, 0.3) is 0 Å². The van der Waals surface area contributed by atoms with Gasteiger partial charge < -0.3 is 15.0 Å². The minimum absolute atomic E-state index is 0.283. The SMILES string of the molecule is Cn1cc(C(=O)Nc2sc3c(c2C#N)CCN(c2ncc(OCc4ccccc4)cn2)C3)cn1. The van der Waals surface area contributed by atoms with Crippen LogP contribution >= 0.6 is 11.3 Å². The lowest BCUT2D eigenvalue weighted by Gasteiger charge is -2.26. The number of carbonyl (C=O) groups is 1. The van der Waals surface area contributed by atoms with E-state index in [-0.39, 0.29) is 5.91 Å². The molecule has 5 rings (SSSR count). The van der Waals surface area contributed by atoms with E-state index < -0.39 is 0 Å². The van der Waals surface area contributed by atoms with Crippen molar-refractivity contribution in [1.82, 2.24) is 19.7 Å². The summed E-state index contributed by atoms with van der Waals surface area (Å²) in [6, 6.07) is 12.2. The first-order valence-corrected chi connectivity index (χ1v) is 11.5. The molecule has 0 bridgehead atoms. The zero-order chi connectivity index (χ0) is 23.5. The van der Waals surface area contributed by atoms with Crippen LogP contribution in [0, 0.1) is 11.3 Å². The van der Waals surface area contributed by atoms with E-state index in [1.165, 1.54) is 17.5 Å². The first-order chi connectivity index (χ1) is 16.6. The maximum absolute atomic E-state index is 12.6. The van der Waals surface area contributed by atoms with E-state index in [1.54, 1.807) is 30.3 Å². The van der Waals surface area contributed by atoms with Crippen LogP contribution in [0.4, 0.5) is 10.9 Å². The van der Waals surface area contributed by atoms with Crippen molar-refractivity contribution in [2.24, 2.45) is 7.05 Å². The average Bonchev–Trinajstić information content (AvgIpc) is 3.46. The van der Waals surface area contributed by atoms with Gasteiger partial charge in [0.25, 0.3) is 5.91 Å². The number of carbonyl (C=O) groups excluding carboxylic acids is 1. The number of hydrogen-bond donors (Lipinski definition) is 1. The molecule has 0 fully saturated rings. The van der Waals surface area contributed by atoms with Crippen LogP contribution in [-0.4, -0.2) is 32.2 Å². The second-order valence-corrected chi connectivity index (χ2v) is 8.95. The number of thiophene rings is 1. The van der Waals surface area contributed by atoms with Crippen LogP contribution in [-0.2, 0) is 26.6 Å². The first-order valence-electron chi connectivity index (χ1n) is 10.7. The molecule has 1 aliphatic rings. The molecular weight excluding hydrogens is 450 g/mol. The third kappa shape index (κ3) is 4.46. The quantitative estimate of drug-likeness (QED) is 0.458. The van der Waals surface area contributed by atoms with Gasteiger partial charge in [0, 0.05) is 24.7 Å². The highest BCUT2D eigenvalue weighted by Crippen LogP contribution is 2.37. The molecule has 4 aromatic rings. The van der Waals surface area contributed by atoms with E-state index >= 15 is 0 Å². The standard InChI is InChI=1S/C24H21N7O2S/c1-30-13-17(10-28-30)22(32)29-23-20(9-25)19-7-8-31(14-21(19)34-23)24-26-11-18(12-27-24)33-15-16-5-3-2-4-6-16/h2-6,10-13H,7-8,14-15H2,1H3,(H,29,32). The number of aromatic nitrogens is 4. The number of fused-ring (bicyclic) bond motifs is 1. The van der Waals surface area contributed by atoms with Gasteiger partial charge in [0.05, 0.1) is 36.3 Å². The topological polar surface area (TPSA) is 109 Å². The summed E-state index contributed by atoms with van der Waals surface area (Å²) in [5.41, 5.74) is 3.03. The minimum atomic E-state index is -0.283. The summed E-state index contributed by atoms with van der Waals surface area (Å²) >= 11 is 1.42. The Labute approximate surface area is 200 Å². The molecule has 4 heterocycles. The Morgan fingerprint density at radius 2 is 2.03 bits per heavy atom. The molecule has 1 aliphatic heterocycles. The number of nitrogens with zero attached hydrogens (tertiary/aromatic N) is 6. The summed E-state index contributed by atoms with van der Waals surface area (Å²) in [6.07, 6.45) is 7.17. The lowest BCUT2D eigenvalue weighted by Crippen LogP contribution is -2.31. The van der Waals surface area contributed by atoms with Gasteiger partial charge in [-0.1, -0.05) is 30.3 Å². The van der Waals surface area contributed by atoms with Crippen LogP contribution in [0.5, 0.6) is 5.75 Å². The molecule has 9 nitrogen and oxygen atoms in total. The molecule has 1 aromatic carbocycles. The number of anilines is 2. The molecule has 0 aliphatic carbocycles. The van der Waals surface area contributed by atoms with Gasteiger partial charge in [-0.15, -0.1) is 11.3 Å². The van der Waals surface area contributed by atoms with E-state index in [1.807, 2.05) is 30.3 Å². The Morgan fingerprint density at radius 3 is 2.74 bits per heavy atom. The zero-order valence-electron chi connectivity index (χ0n) is 18.4. The van der Waals surface area contributed by atoms with Gasteiger partial charge in [0.1, 0.15) is 17.7 Å². The van der Waals surface area contributed by atoms with Crippen LogP contribution in [0.15, 0.2) is 55.1 Å². The highest BCUT2D eigenvalue weighted by Gasteiger charge is 2.26. The fourth-order valence-corrected chi connectivity index (χ4v) is 4.99. The average molecular weight is 472 g/mol. The highest BCUT2D eigenvalue weighted by molar-refractivity contribution is 7.16. The Kier molecular flexibility index (Phi) is 5.93. The number of ether oxygens (including phenoxy) is 1. The Balaban J connectivity index is 1.27. The van der Waals surface area contributed by atoms with Gasteiger partial charge in [0.15, 0.2) is 5.75 Å². The number of nitrogens with one attached hydrogen (secondary N) is 1. The summed E-state index contributed by atoms with van der Waals surface area (Å²) < 4.78 is 7.34. The van der Waals surface area contributed by atoms with E-state index in [9.17, 15) is 10.1 Å². The lowest BCUT2D eigenvalue weighted by atomic mass is 10.0. The number of hydrogen-bond acceptors (Lipinski definition) is 8. The minimum Gasteiger partial charge on any atom is -0.486 e. The third-order valence-corrected chi connectivity index (χ3v) is 6.64. The largest absolute Gasteiger partial charge is 0.486 e. The number of aryl methyl sites for hydroxylation is 1. The van der Waals surface area contributed by atoms with Gasteiger partial charge in [-0.05, 0) is 17.5 Å². The maximum Gasteiger partial charge on any atom is 0.259 e. The van der Waals surface area contributed by atoms with E-state index in [0.717, 1.165) is 16.0 Å². The molecule has 0 radical (unpaired) electrons. The van der Waals surface area contributed by atoms with Crippen LogP contribution in [0.2, 0.25) is 0 Å². The molecule has 0 saturated carbocycles. The first kappa shape index (κ1) is 21.6. The van der Waals surface area contributed by atoms with Crippen molar-refractivity contribution in [1.29, 1.82) is 5.26 Å². The van der Waals surface area contributed by atoms with E-state index in [0.29, 0.717) is 53.9 Å². The summed E-state index contributed by atoms with van der Waals surface area (Å²) in [5.74, 6) is 0.925. The second kappa shape index (κ2) is 9.33. The summed E-state index contributed by atoms with van der Waals surface area (Å²) in [4.78, 5) is 24.6. The monoisotopic (exact) mass is 471 g/mol. The summed E-state index contributed by atoms with van der Waals surface area (Å²) in [6.45, 7) is 1.70. The molecule has 0 unspecified atom stereocenters. The molecule has 170 valence electrons. The van der Waals surface area contributed by atoms with E-state index in [2.05, 4.69) is 31.4 Å². The smallest absolute Gasteiger partial charge is 0.259 e. The molecule has 1 amide bonds. The van der Waals surface area contributed by atoms with Crippen molar-refractivity contribution >= 4 is 28.2 Å². The number of amides is 1. The maximum atomic E-state index is 12.6. The van der Waals surface area contributed by atoms with Gasteiger partial charge in [0.2, 0.25) is 5.95 Å². The van der Waals surface area contributed by atoms with Crippen molar-refractivity contribution in [3.05, 3.63) is 82.3 Å². The van der Waals surface area contributed by atoms with Crippen molar-refractivity contribution in [3.63, 3.8) is 0 Å². The highest BCUT2D eigenvalue weighted by atomic mass is 32.1. The molecule has 0 spiro atoms. The molecular formula is C24H21N7O2S. The Hall–Kier alpha value is -4.23. The molecule has 0 atom stereocenters. The number of benzene rings is 1. The number of rotatable bonds is 6. The lowest BCUT2D eigenvalue weighted by molar-refractivity contribution is 0.102. The molecule has 3 aromatic heterocycles. The fourth-order valence-electron chi connectivity index (χ4n) is 3.78. The fraction of sp³-hybridized carbons (Fsp3) is 0.208. The van der Waals surface area contributed by atoms with Gasteiger partial charge in [-0.2, -0.15) is 10.4 Å². The van der Waals surface area contributed by atoms with Crippen molar-refractivity contribution < 1.29 is 9.53 Å². The van der Waals surface area contributed by atoms with Crippen LogP contribution < -0.4 is 15.0 Å². The van der Waals surface area contributed by atoms with Crippen molar-refractivity contribution in [3.8, 4) is 11.8 Å². The second-order valence-electron chi connectivity index (χ2n) is 7.84. The van der Waals surface area contributed by atoms with Crippen LogP contribution in [0.3, 0.4) is 0 Å². The summed E-state index contributed by atoms with van der Waals surface area (Å²) in [5, 5.41) is 17.2. The molecule has 34 heavy (non-hydrogen) atoms. The Bertz CT molecular complexity index is 1360. The summed E-state index contributed by atoms with van der Waals surface area (Å²) in [7, 11) is 1.75. The van der Waals surface area contributed by atoms with E-state index in [4.69, 9.17) is 4.74 Å². The van der Waals surface area contributed by atoms with Gasteiger partial charge >= 0.3 is 0 Å². The Morgan fingerprint density at radius 1 is 1.24 bits per heavy atom. The normalized spacial score (nSPS) is 12.6. The molecule has 0 saturated heterocycles. The van der Waals surface area contributed by atoms with Gasteiger partial charge in [-0.3, -0.25) is 9.48 Å². The predicted octanol–water partition coefficient (Wildman–Crippen LogP) is 3.54. The third-order valence-electron chi connectivity index (χ3n) is 5.51. The molecule has 1 N–H and O–H groups in total. The zero-order valence-corrected chi connectivity index (χ0v) is 19.2. The number of nitriles is 1. The van der Waals surface area contributed by atoms with Gasteiger partial charge in [-0.25, -0.2) is 9.97 Å². The van der Waals surface area contributed by atoms with Crippen LogP contribution in [0.1, 0.15) is 31.9 Å². The predicted molar refractivity (Wildman–Crippen MR) is 128 cm³/mol. The molecule has 10 heteroatoms. The van der Waals surface area contributed by atoms with Crippen molar-refractivity contribution in [2.45, 2.75) is 19.6 Å². The van der Waals surface area contributed by atoms with Crippen molar-refractivity contribution in [2.75, 3.05) is 16.8 Å².